The van der Waals surface area contributed by atoms with Crippen LogP contribution in [0.1, 0.15) is 12.8 Å². The van der Waals surface area contributed by atoms with Crippen LogP contribution in [-0.2, 0) is 14.4 Å². The molecule has 0 spiro atoms. The van der Waals surface area contributed by atoms with E-state index in [1.165, 1.54) is 0 Å². The third kappa shape index (κ3) is 12.2. The lowest BCUT2D eigenvalue weighted by molar-refractivity contribution is -0.657. The molecule has 0 aromatic rings. The van der Waals surface area contributed by atoms with E-state index in [0.717, 1.165) is 0 Å². The minimum Gasteiger partial charge on any atom is -0.388 e. The molecule has 1 unspecified atom stereocenters. The summed E-state index contributed by atoms with van der Waals surface area (Å²) in [5.41, 5.74) is 0. The van der Waals surface area contributed by atoms with E-state index in [2.05, 4.69) is 28.5 Å². The topological polar surface area (TPSA) is 83.4 Å². The SMILES string of the molecule is C#CCC(O)C=CC=CC#CCCOCC(=O)O[NH3+]. The number of aliphatic hydroxyl groups excluding tert-OH is 1. The van der Waals surface area contributed by atoms with Crippen molar-refractivity contribution in [2.24, 2.45) is 0 Å². The van der Waals surface area contributed by atoms with Gasteiger partial charge in [-0.15, -0.1) is 12.3 Å². The fourth-order valence-corrected chi connectivity index (χ4v) is 0.936. The predicted octanol–water partition coefficient (Wildman–Crippen LogP) is -0.407. The molecule has 0 aliphatic carbocycles. The summed E-state index contributed by atoms with van der Waals surface area (Å²) in [7, 11) is 0. The molecule has 0 aromatic carbocycles. The average Bonchev–Trinajstić information content (AvgIpc) is 2.40. The number of hydrogen-bond donors (Lipinski definition) is 2. The van der Waals surface area contributed by atoms with Gasteiger partial charge in [0.1, 0.15) is 0 Å². The maximum atomic E-state index is 10.6. The van der Waals surface area contributed by atoms with Gasteiger partial charge in [-0.1, -0.05) is 30.1 Å². The van der Waals surface area contributed by atoms with Gasteiger partial charge in [-0.3, -0.25) is 4.84 Å². The van der Waals surface area contributed by atoms with Crippen molar-refractivity contribution in [1.29, 1.82) is 0 Å². The fraction of sp³-hybridized carbons (Fsp3) is 0.357. The molecule has 0 radical (unpaired) electrons. The van der Waals surface area contributed by atoms with Crippen LogP contribution in [0.4, 0.5) is 0 Å². The van der Waals surface area contributed by atoms with Crippen molar-refractivity contribution in [1.82, 2.24) is 0 Å². The number of ether oxygens (including phenoxy) is 1. The van der Waals surface area contributed by atoms with Gasteiger partial charge in [0.05, 0.1) is 12.7 Å². The summed E-state index contributed by atoms with van der Waals surface area (Å²) in [5.74, 6) is 10.4. The Balaban J connectivity index is 3.64. The summed E-state index contributed by atoms with van der Waals surface area (Å²) >= 11 is 0. The van der Waals surface area contributed by atoms with Gasteiger partial charge < -0.3 is 9.84 Å². The number of aliphatic hydroxyl groups is 1. The van der Waals surface area contributed by atoms with E-state index in [1.54, 1.807) is 24.3 Å². The molecule has 0 aliphatic heterocycles. The van der Waals surface area contributed by atoms with Crippen LogP contribution in [0, 0.1) is 24.2 Å². The van der Waals surface area contributed by atoms with E-state index < -0.39 is 12.1 Å². The van der Waals surface area contributed by atoms with Gasteiger partial charge in [0.15, 0.2) is 6.61 Å². The standard InChI is InChI=1S/C14H18NO4/c1-2-9-13(16)10-7-5-3-4-6-8-11-18-12-14(17)19-15/h1,3,5,7,10,13,16H,8-9,11-12H2,15H3/q+1. The second-order valence-electron chi connectivity index (χ2n) is 3.36. The maximum absolute atomic E-state index is 10.6. The highest BCUT2D eigenvalue weighted by Crippen LogP contribution is 1.91. The van der Waals surface area contributed by atoms with Crippen LogP contribution in [-0.4, -0.2) is 30.4 Å². The number of allylic oxidation sites excluding steroid dienone is 3. The van der Waals surface area contributed by atoms with Gasteiger partial charge in [0.2, 0.25) is 0 Å². The Morgan fingerprint density at radius 1 is 1.47 bits per heavy atom. The summed E-state index contributed by atoms with van der Waals surface area (Å²) < 4.78 is 4.97. The Labute approximate surface area is 113 Å². The quantitative estimate of drug-likeness (QED) is 0.283. The van der Waals surface area contributed by atoms with Crippen LogP contribution in [0.15, 0.2) is 24.3 Å². The maximum Gasteiger partial charge on any atom is 0.391 e. The van der Waals surface area contributed by atoms with Crippen LogP contribution in [0.25, 0.3) is 0 Å². The minimum absolute atomic E-state index is 0.114. The third-order valence-electron chi connectivity index (χ3n) is 1.81. The van der Waals surface area contributed by atoms with Crippen LogP contribution in [0.3, 0.4) is 0 Å². The second kappa shape index (κ2) is 12.4. The van der Waals surface area contributed by atoms with E-state index in [-0.39, 0.29) is 6.61 Å². The zero-order valence-corrected chi connectivity index (χ0v) is 10.7. The highest BCUT2D eigenvalue weighted by molar-refractivity contribution is 5.69. The molecule has 0 amide bonds. The molecule has 0 fully saturated rings. The Morgan fingerprint density at radius 3 is 2.95 bits per heavy atom. The number of terminal acetylenes is 1. The Kier molecular flexibility index (Phi) is 11.1. The Hall–Kier alpha value is -2.05. The van der Waals surface area contributed by atoms with E-state index in [4.69, 9.17) is 11.2 Å². The molecule has 0 bridgehead atoms. The number of hydrogen-bond acceptors (Lipinski definition) is 4. The first-order chi connectivity index (χ1) is 9.20. The summed E-state index contributed by atoms with van der Waals surface area (Å²) in [4.78, 5) is 14.8. The van der Waals surface area contributed by atoms with Crippen molar-refractivity contribution < 1.29 is 25.4 Å². The number of rotatable bonds is 7. The number of carbonyl (C=O) groups is 1. The van der Waals surface area contributed by atoms with Crippen LogP contribution >= 0.6 is 0 Å². The van der Waals surface area contributed by atoms with Gasteiger partial charge in [-0.05, 0) is 6.08 Å². The first-order valence-electron chi connectivity index (χ1n) is 5.66. The summed E-state index contributed by atoms with van der Waals surface area (Å²) in [5, 5.41) is 9.26. The van der Waals surface area contributed by atoms with Crippen molar-refractivity contribution in [3.8, 4) is 24.2 Å². The lowest BCUT2D eigenvalue weighted by atomic mass is 10.2. The lowest BCUT2D eigenvalue weighted by Crippen LogP contribution is -2.52. The lowest BCUT2D eigenvalue weighted by Gasteiger charge is -1.96. The molecule has 0 aromatic heterocycles. The van der Waals surface area contributed by atoms with Crippen LogP contribution < -0.4 is 5.90 Å². The van der Waals surface area contributed by atoms with Crippen LogP contribution in [0.2, 0.25) is 0 Å². The van der Waals surface area contributed by atoms with Gasteiger partial charge in [-0.2, -0.15) is 5.90 Å². The van der Waals surface area contributed by atoms with Crippen molar-refractivity contribution in [3.63, 3.8) is 0 Å². The number of quaternary nitrogens is 1. The number of carbonyl (C=O) groups excluding carboxylic acids is 1. The third-order valence-corrected chi connectivity index (χ3v) is 1.81. The zero-order chi connectivity index (χ0) is 14.3. The largest absolute Gasteiger partial charge is 0.391 e. The van der Waals surface area contributed by atoms with E-state index in [9.17, 15) is 9.90 Å². The second-order valence-corrected chi connectivity index (χ2v) is 3.36. The van der Waals surface area contributed by atoms with E-state index >= 15 is 0 Å². The molecule has 0 saturated carbocycles. The molecular weight excluding hydrogens is 246 g/mol. The molecule has 5 heteroatoms. The smallest absolute Gasteiger partial charge is 0.388 e. The molecule has 0 aliphatic rings. The van der Waals surface area contributed by atoms with Gasteiger partial charge in [-0.25, -0.2) is 4.79 Å². The Bertz CT molecular complexity index is 409. The molecule has 5 nitrogen and oxygen atoms in total. The van der Waals surface area contributed by atoms with E-state index in [0.29, 0.717) is 19.4 Å². The van der Waals surface area contributed by atoms with Crippen molar-refractivity contribution in [2.75, 3.05) is 13.2 Å². The first-order valence-corrected chi connectivity index (χ1v) is 5.66. The predicted molar refractivity (Wildman–Crippen MR) is 69.9 cm³/mol. The summed E-state index contributed by atoms with van der Waals surface area (Å²) in [6.45, 7) is 0.240. The molecule has 0 rings (SSSR count). The molecule has 4 N–H and O–H groups in total. The monoisotopic (exact) mass is 264 g/mol. The molecule has 1 atom stereocenters. The normalized spacial score (nSPS) is 11.8. The average molecular weight is 264 g/mol. The zero-order valence-electron chi connectivity index (χ0n) is 10.7. The molecule has 0 saturated heterocycles. The van der Waals surface area contributed by atoms with Crippen molar-refractivity contribution >= 4 is 5.97 Å². The highest BCUT2D eigenvalue weighted by Gasteiger charge is 2.00. The Morgan fingerprint density at radius 2 is 2.26 bits per heavy atom. The molecule has 0 heterocycles. The van der Waals surface area contributed by atoms with Gasteiger partial charge in [0, 0.05) is 12.8 Å². The van der Waals surface area contributed by atoms with E-state index in [1.807, 2.05) is 0 Å². The highest BCUT2D eigenvalue weighted by atomic mass is 16.7. The van der Waals surface area contributed by atoms with Gasteiger partial charge in [0.25, 0.3) is 0 Å². The van der Waals surface area contributed by atoms with Gasteiger partial charge >= 0.3 is 5.97 Å². The summed E-state index contributed by atoms with van der Waals surface area (Å²) in [6.07, 6.45) is 11.8. The molecular formula is C14H18NO4+. The molecule has 19 heavy (non-hydrogen) atoms. The van der Waals surface area contributed by atoms with Crippen LogP contribution in [0.5, 0.6) is 0 Å². The van der Waals surface area contributed by atoms with Crippen molar-refractivity contribution in [3.05, 3.63) is 24.3 Å². The van der Waals surface area contributed by atoms with Crippen molar-refractivity contribution in [2.45, 2.75) is 18.9 Å². The minimum atomic E-state index is -0.621. The fourth-order valence-electron chi connectivity index (χ4n) is 0.936. The molecule has 102 valence electrons. The summed E-state index contributed by atoms with van der Waals surface area (Å²) in [6, 6.07) is 0. The first kappa shape index (κ1) is 16.9.